The van der Waals surface area contributed by atoms with Crippen molar-refractivity contribution >= 4 is 38.6 Å². The van der Waals surface area contributed by atoms with Crippen molar-refractivity contribution in [3.63, 3.8) is 0 Å². The Labute approximate surface area is 126 Å². The third-order valence-corrected chi connectivity index (χ3v) is 5.27. The van der Waals surface area contributed by atoms with Crippen molar-refractivity contribution in [1.29, 1.82) is 0 Å². The Morgan fingerprint density at radius 3 is 2.85 bits per heavy atom. The smallest absolute Gasteiger partial charge is 0.240 e. The average Bonchev–Trinajstić information content (AvgIpc) is 2.82. The molecular weight excluding hydrogens is 314 g/mol. The molecule has 0 spiro atoms. The van der Waals surface area contributed by atoms with Crippen LogP contribution in [0, 0.1) is 6.92 Å². The SMILES string of the molecule is Cc1ncsc1CNS(=O)(=O)c1cccc(C(N)=S)c1. The molecule has 1 aromatic heterocycles. The van der Waals surface area contributed by atoms with Gasteiger partial charge in [0.2, 0.25) is 10.0 Å². The van der Waals surface area contributed by atoms with Crippen molar-refractivity contribution in [2.75, 3.05) is 0 Å². The van der Waals surface area contributed by atoms with E-state index in [0.717, 1.165) is 10.6 Å². The van der Waals surface area contributed by atoms with E-state index in [2.05, 4.69) is 9.71 Å². The fourth-order valence-electron chi connectivity index (χ4n) is 1.56. The molecule has 0 saturated heterocycles. The van der Waals surface area contributed by atoms with E-state index in [1.807, 2.05) is 6.92 Å². The molecule has 5 nitrogen and oxygen atoms in total. The molecule has 2 aromatic rings. The Hall–Kier alpha value is -1.35. The number of benzene rings is 1. The molecular formula is C12H13N3O2S3. The predicted molar refractivity (Wildman–Crippen MR) is 83.2 cm³/mol. The van der Waals surface area contributed by atoms with Crippen LogP contribution in [0.5, 0.6) is 0 Å². The molecule has 20 heavy (non-hydrogen) atoms. The van der Waals surface area contributed by atoms with Gasteiger partial charge in [-0.2, -0.15) is 0 Å². The number of nitrogens with one attached hydrogen (secondary N) is 1. The Morgan fingerprint density at radius 1 is 1.50 bits per heavy atom. The van der Waals surface area contributed by atoms with E-state index in [1.54, 1.807) is 17.6 Å². The summed E-state index contributed by atoms with van der Waals surface area (Å²) in [6.45, 7) is 2.06. The van der Waals surface area contributed by atoms with E-state index in [9.17, 15) is 8.42 Å². The van der Waals surface area contributed by atoms with Gasteiger partial charge in [0, 0.05) is 17.0 Å². The maximum absolute atomic E-state index is 12.2. The maximum Gasteiger partial charge on any atom is 0.240 e. The van der Waals surface area contributed by atoms with Crippen LogP contribution >= 0.6 is 23.6 Å². The second-order valence-electron chi connectivity index (χ2n) is 4.08. The Balaban J connectivity index is 2.20. The van der Waals surface area contributed by atoms with E-state index in [4.69, 9.17) is 18.0 Å². The van der Waals surface area contributed by atoms with Crippen LogP contribution in [0.4, 0.5) is 0 Å². The molecule has 0 atom stereocenters. The second-order valence-corrected chi connectivity index (χ2v) is 7.22. The summed E-state index contributed by atoms with van der Waals surface area (Å²) in [4.78, 5) is 5.28. The standard InChI is InChI=1S/C12H13N3O2S3/c1-8-11(19-7-14-8)6-15-20(16,17)10-4-2-3-9(5-10)12(13)18/h2-5,7,15H,6H2,1H3,(H2,13,18). The van der Waals surface area contributed by atoms with Crippen LogP contribution < -0.4 is 10.5 Å². The average molecular weight is 327 g/mol. The minimum absolute atomic E-state index is 0.143. The lowest BCUT2D eigenvalue weighted by Gasteiger charge is -2.07. The van der Waals surface area contributed by atoms with Crippen LogP contribution in [0.25, 0.3) is 0 Å². The molecule has 0 amide bonds. The molecule has 0 unspecified atom stereocenters. The summed E-state index contributed by atoms with van der Waals surface area (Å²) in [5, 5.41) is 0. The number of aromatic nitrogens is 1. The fourth-order valence-corrected chi connectivity index (χ4v) is 3.53. The van der Waals surface area contributed by atoms with Crippen molar-refractivity contribution in [1.82, 2.24) is 9.71 Å². The minimum Gasteiger partial charge on any atom is -0.389 e. The first-order valence-electron chi connectivity index (χ1n) is 5.68. The summed E-state index contributed by atoms with van der Waals surface area (Å²) in [6.07, 6.45) is 0. The third kappa shape index (κ3) is 3.40. The monoisotopic (exact) mass is 327 g/mol. The van der Waals surface area contributed by atoms with E-state index < -0.39 is 10.0 Å². The topological polar surface area (TPSA) is 85.1 Å². The maximum atomic E-state index is 12.2. The quantitative estimate of drug-likeness (QED) is 0.814. The number of nitrogens with zero attached hydrogens (tertiary/aromatic N) is 1. The number of aryl methyl sites for hydroxylation is 1. The molecule has 0 bridgehead atoms. The third-order valence-electron chi connectivity index (χ3n) is 2.70. The van der Waals surface area contributed by atoms with E-state index >= 15 is 0 Å². The lowest BCUT2D eigenvalue weighted by Crippen LogP contribution is -2.23. The minimum atomic E-state index is -3.60. The van der Waals surface area contributed by atoms with Gasteiger partial charge in [-0.1, -0.05) is 24.4 Å². The molecule has 3 N–H and O–H groups in total. The van der Waals surface area contributed by atoms with Crippen LogP contribution in [0.1, 0.15) is 16.1 Å². The van der Waals surface area contributed by atoms with E-state index in [1.165, 1.54) is 23.5 Å². The van der Waals surface area contributed by atoms with Crippen molar-refractivity contribution < 1.29 is 8.42 Å². The van der Waals surface area contributed by atoms with Gasteiger partial charge >= 0.3 is 0 Å². The lowest BCUT2D eigenvalue weighted by molar-refractivity contribution is 0.581. The fraction of sp³-hybridized carbons (Fsp3) is 0.167. The number of nitrogens with two attached hydrogens (primary N) is 1. The molecule has 1 aromatic carbocycles. The summed E-state index contributed by atoms with van der Waals surface area (Å²) in [7, 11) is -3.60. The number of hydrogen-bond acceptors (Lipinski definition) is 5. The molecule has 0 aliphatic rings. The van der Waals surface area contributed by atoms with Crippen molar-refractivity contribution in [3.05, 3.63) is 45.9 Å². The Bertz CT molecular complexity index is 738. The second kappa shape index (κ2) is 5.96. The van der Waals surface area contributed by atoms with Gasteiger partial charge in [-0.05, 0) is 19.1 Å². The van der Waals surface area contributed by atoms with Crippen LogP contribution in [0.15, 0.2) is 34.7 Å². The van der Waals surface area contributed by atoms with Gasteiger partial charge in [-0.25, -0.2) is 18.1 Å². The zero-order chi connectivity index (χ0) is 14.8. The van der Waals surface area contributed by atoms with Gasteiger partial charge in [0.25, 0.3) is 0 Å². The van der Waals surface area contributed by atoms with Gasteiger partial charge in [0.05, 0.1) is 16.1 Å². The first-order valence-corrected chi connectivity index (χ1v) is 8.46. The predicted octanol–water partition coefficient (Wildman–Crippen LogP) is 1.56. The van der Waals surface area contributed by atoms with Crippen molar-refractivity contribution in [3.8, 4) is 0 Å². The molecule has 2 rings (SSSR count). The van der Waals surface area contributed by atoms with E-state index in [-0.39, 0.29) is 16.4 Å². The first-order chi connectivity index (χ1) is 9.40. The zero-order valence-corrected chi connectivity index (χ0v) is 13.1. The van der Waals surface area contributed by atoms with Crippen LogP contribution in [0.3, 0.4) is 0 Å². The molecule has 0 saturated carbocycles. The highest BCUT2D eigenvalue weighted by molar-refractivity contribution is 7.89. The molecule has 106 valence electrons. The normalized spacial score (nSPS) is 11.4. The number of thiocarbonyl (C=S) groups is 1. The molecule has 0 radical (unpaired) electrons. The van der Waals surface area contributed by atoms with Crippen LogP contribution in [0.2, 0.25) is 0 Å². The molecule has 0 fully saturated rings. The van der Waals surface area contributed by atoms with Crippen molar-refractivity contribution in [2.45, 2.75) is 18.4 Å². The zero-order valence-electron chi connectivity index (χ0n) is 10.7. The molecule has 1 heterocycles. The summed E-state index contributed by atoms with van der Waals surface area (Å²) < 4.78 is 26.9. The summed E-state index contributed by atoms with van der Waals surface area (Å²) in [5.41, 5.74) is 8.55. The van der Waals surface area contributed by atoms with Gasteiger partial charge < -0.3 is 5.73 Å². The summed E-state index contributed by atoms with van der Waals surface area (Å²) in [5.74, 6) is 0. The number of thiazole rings is 1. The highest BCUT2D eigenvalue weighted by atomic mass is 32.2. The van der Waals surface area contributed by atoms with Crippen molar-refractivity contribution in [2.24, 2.45) is 5.73 Å². The Morgan fingerprint density at radius 2 is 2.25 bits per heavy atom. The summed E-state index contributed by atoms with van der Waals surface area (Å²) in [6, 6.07) is 6.25. The van der Waals surface area contributed by atoms with Crippen LogP contribution in [-0.2, 0) is 16.6 Å². The summed E-state index contributed by atoms with van der Waals surface area (Å²) >= 11 is 6.26. The molecule has 0 aliphatic carbocycles. The lowest BCUT2D eigenvalue weighted by atomic mass is 10.2. The number of rotatable bonds is 5. The Kier molecular flexibility index (Phi) is 4.48. The molecule has 8 heteroatoms. The van der Waals surface area contributed by atoms with Gasteiger partial charge in [-0.15, -0.1) is 11.3 Å². The largest absolute Gasteiger partial charge is 0.389 e. The highest BCUT2D eigenvalue weighted by Gasteiger charge is 2.15. The number of hydrogen-bond donors (Lipinski definition) is 2. The van der Waals surface area contributed by atoms with E-state index in [0.29, 0.717) is 5.56 Å². The van der Waals surface area contributed by atoms with Gasteiger partial charge in [0.1, 0.15) is 4.99 Å². The number of sulfonamides is 1. The highest BCUT2D eigenvalue weighted by Crippen LogP contribution is 2.15. The van der Waals surface area contributed by atoms with Gasteiger partial charge in [0.15, 0.2) is 0 Å². The first kappa shape index (κ1) is 15.0. The van der Waals surface area contributed by atoms with Gasteiger partial charge in [-0.3, -0.25) is 0 Å². The van der Waals surface area contributed by atoms with Crippen LogP contribution in [-0.4, -0.2) is 18.4 Å². The molecule has 0 aliphatic heterocycles.